The first-order valence-electron chi connectivity index (χ1n) is 10.3. The molecule has 1 amide bonds. The van der Waals surface area contributed by atoms with E-state index in [0.29, 0.717) is 23.7 Å². The van der Waals surface area contributed by atoms with E-state index in [1.807, 2.05) is 25.1 Å². The molecule has 1 saturated carbocycles. The van der Waals surface area contributed by atoms with Gasteiger partial charge in [-0.25, -0.2) is 4.79 Å². The second-order valence-corrected chi connectivity index (χ2v) is 10.1. The first kappa shape index (κ1) is 20.0. The molecule has 2 fully saturated rings. The van der Waals surface area contributed by atoms with E-state index in [4.69, 9.17) is 4.74 Å². The summed E-state index contributed by atoms with van der Waals surface area (Å²) in [5.41, 5.74) is 3.28. The zero-order valence-electron chi connectivity index (χ0n) is 18.0. The average Bonchev–Trinajstić information content (AvgIpc) is 3.07. The molecule has 1 saturated heterocycles. The topological polar surface area (TPSA) is 74.4 Å². The molecule has 156 valence electrons. The largest absolute Gasteiger partial charge is 0.464 e. The number of likely N-dealkylation sites (tertiary alicyclic amines) is 1. The third-order valence-corrected chi connectivity index (χ3v) is 6.48. The lowest BCUT2D eigenvalue weighted by Crippen LogP contribution is -2.38. The second-order valence-electron chi connectivity index (χ2n) is 10.1. The monoisotopic (exact) mass is 397 g/mol. The van der Waals surface area contributed by atoms with E-state index in [0.717, 1.165) is 35.9 Å². The maximum atomic E-state index is 13.0. The number of amides is 1. The molecule has 2 N–H and O–H groups in total. The van der Waals surface area contributed by atoms with Gasteiger partial charge in [0.1, 0.15) is 5.69 Å². The summed E-state index contributed by atoms with van der Waals surface area (Å²) in [5.74, 6) is -0.578. The number of fused-ring (bicyclic) bond motifs is 3. The summed E-state index contributed by atoms with van der Waals surface area (Å²) in [4.78, 5) is 30.7. The van der Waals surface area contributed by atoms with Crippen LogP contribution in [0.5, 0.6) is 0 Å². The summed E-state index contributed by atoms with van der Waals surface area (Å²) in [6.07, 6.45) is 3.47. The number of anilines is 1. The number of aryl methyl sites for hydroxylation is 1. The molecule has 2 aliphatic rings. The molecule has 0 spiro atoms. The van der Waals surface area contributed by atoms with Gasteiger partial charge in [0, 0.05) is 23.5 Å². The highest BCUT2D eigenvalue weighted by Gasteiger charge is 2.49. The molecule has 2 atom stereocenters. The number of esters is 1. The number of carbonyl (C=O) groups is 2. The zero-order chi connectivity index (χ0) is 21.0. The lowest BCUT2D eigenvalue weighted by molar-refractivity contribution is -0.117. The number of rotatable bonds is 4. The van der Waals surface area contributed by atoms with E-state index >= 15 is 0 Å². The van der Waals surface area contributed by atoms with Crippen LogP contribution in [-0.4, -0.2) is 48.0 Å². The number of hydrogen-bond acceptors (Lipinski definition) is 4. The summed E-state index contributed by atoms with van der Waals surface area (Å²) in [7, 11) is 1.34. The average molecular weight is 398 g/mol. The van der Waals surface area contributed by atoms with Crippen LogP contribution in [0.25, 0.3) is 10.9 Å². The smallest absolute Gasteiger partial charge is 0.356 e. The van der Waals surface area contributed by atoms with Crippen molar-refractivity contribution in [1.82, 2.24) is 9.88 Å². The minimum absolute atomic E-state index is 0.0921. The Hall–Kier alpha value is -2.34. The van der Waals surface area contributed by atoms with Crippen LogP contribution in [0, 0.1) is 17.8 Å². The maximum Gasteiger partial charge on any atom is 0.356 e. The van der Waals surface area contributed by atoms with E-state index in [-0.39, 0.29) is 17.0 Å². The number of aromatic nitrogens is 1. The molecule has 6 nitrogen and oxygen atoms in total. The van der Waals surface area contributed by atoms with E-state index in [1.54, 1.807) is 0 Å². The van der Waals surface area contributed by atoms with Gasteiger partial charge >= 0.3 is 5.97 Å². The summed E-state index contributed by atoms with van der Waals surface area (Å²) in [6.45, 7) is 10.3. The van der Waals surface area contributed by atoms with Gasteiger partial charge in [0.05, 0.1) is 19.3 Å². The molecule has 2 bridgehead atoms. The van der Waals surface area contributed by atoms with Gasteiger partial charge in [-0.05, 0) is 48.6 Å². The number of benzene rings is 1. The fourth-order valence-corrected chi connectivity index (χ4v) is 5.82. The van der Waals surface area contributed by atoms with Gasteiger partial charge in [-0.1, -0.05) is 32.9 Å². The lowest BCUT2D eigenvalue weighted by Gasteiger charge is -2.39. The summed E-state index contributed by atoms with van der Waals surface area (Å²) in [5, 5.41) is 3.81. The van der Waals surface area contributed by atoms with Gasteiger partial charge in [0.15, 0.2) is 0 Å². The molecule has 1 aromatic carbocycles. The minimum Gasteiger partial charge on any atom is -0.464 e. The molecule has 0 radical (unpaired) electrons. The highest BCUT2D eigenvalue weighted by molar-refractivity contribution is 6.11. The number of nitrogens with one attached hydrogen (secondary N) is 2. The van der Waals surface area contributed by atoms with Crippen molar-refractivity contribution in [2.24, 2.45) is 10.8 Å². The number of methoxy groups -OCH3 is 1. The predicted molar refractivity (Wildman–Crippen MR) is 114 cm³/mol. The normalized spacial score (nSPS) is 25.9. The highest BCUT2D eigenvalue weighted by atomic mass is 16.5. The van der Waals surface area contributed by atoms with Crippen molar-refractivity contribution in [3.05, 3.63) is 29.5 Å². The molecule has 2 aromatic rings. The highest BCUT2D eigenvalue weighted by Crippen LogP contribution is 2.52. The Morgan fingerprint density at radius 2 is 2.03 bits per heavy atom. The number of nitrogens with zero attached hydrogens (tertiary/aromatic N) is 1. The van der Waals surface area contributed by atoms with Crippen molar-refractivity contribution < 1.29 is 14.3 Å². The van der Waals surface area contributed by atoms with Gasteiger partial charge in [-0.2, -0.15) is 0 Å². The molecule has 1 aliphatic carbocycles. The number of carbonyl (C=O) groups excluding carboxylic acids is 2. The van der Waals surface area contributed by atoms with Crippen LogP contribution in [0.15, 0.2) is 18.2 Å². The summed E-state index contributed by atoms with van der Waals surface area (Å²) < 4.78 is 4.91. The van der Waals surface area contributed by atoms with Gasteiger partial charge < -0.3 is 15.0 Å². The van der Waals surface area contributed by atoms with Crippen molar-refractivity contribution >= 4 is 28.5 Å². The lowest BCUT2D eigenvalue weighted by atomic mass is 9.65. The minimum atomic E-state index is -0.486. The molecule has 2 heterocycles. The molecule has 29 heavy (non-hydrogen) atoms. The number of H-pyrrole nitrogens is 1. The Bertz CT molecular complexity index is 977. The standard InChI is InChI=1S/C23H31N3O3/c1-14-6-7-16-17(8-14)24-20(21(28)29-5)19(16)25-18(27)11-26-13-23(4)10-15(26)9-22(2,3)12-23/h6-8,15,24H,9-13H2,1-5H3,(H,25,27)/t15-,23+/m1/s1. The SMILES string of the molecule is COC(=O)c1[nH]c2cc(C)ccc2c1NC(=O)CN1C[C@@]2(C)C[C@H]1CC(C)(C)C2. The predicted octanol–water partition coefficient (Wildman–Crippen LogP) is 4.10. The van der Waals surface area contributed by atoms with Gasteiger partial charge in [-0.15, -0.1) is 0 Å². The van der Waals surface area contributed by atoms with Crippen LogP contribution in [-0.2, 0) is 9.53 Å². The zero-order valence-corrected chi connectivity index (χ0v) is 18.0. The quantitative estimate of drug-likeness (QED) is 0.762. The molecule has 1 aromatic heterocycles. The van der Waals surface area contributed by atoms with Crippen LogP contribution in [0.1, 0.15) is 56.1 Å². The second kappa shape index (κ2) is 6.87. The maximum absolute atomic E-state index is 13.0. The van der Waals surface area contributed by atoms with Gasteiger partial charge in [0.2, 0.25) is 5.91 Å². The van der Waals surface area contributed by atoms with E-state index < -0.39 is 5.97 Å². The Labute approximate surface area is 172 Å². The fourth-order valence-electron chi connectivity index (χ4n) is 5.82. The summed E-state index contributed by atoms with van der Waals surface area (Å²) in [6, 6.07) is 6.30. The third kappa shape index (κ3) is 3.78. The van der Waals surface area contributed by atoms with Crippen molar-refractivity contribution in [2.45, 2.75) is 53.0 Å². The van der Waals surface area contributed by atoms with Crippen LogP contribution < -0.4 is 5.32 Å². The van der Waals surface area contributed by atoms with Crippen LogP contribution in [0.4, 0.5) is 5.69 Å². The van der Waals surface area contributed by atoms with Gasteiger partial charge in [0.25, 0.3) is 0 Å². The van der Waals surface area contributed by atoms with Crippen LogP contribution >= 0.6 is 0 Å². The van der Waals surface area contributed by atoms with E-state index in [2.05, 4.69) is 36.0 Å². The third-order valence-electron chi connectivity index (χ3n) is 6.48. The van der Waals surface area contributed by atoms with Crippen molar-refractivity contribution in [1.29, 1.82) is 0 Å². The van der Waals surface area contributed by atoms with E-state index in [1.165, 1.54) is 13.5 Å². The fraction of sp³-hybridized carbons (Fsp3) is 0.565. The summed E-state index contributed by atoms with van der Waals surface area (Å²) >= 11 is 0. The number of ether oxygens (including phenoxy) is 1. The number of hydrogen-bond donors (Lipinski definition) is 2. The van der Waals surface area contributed by atoms with Gasteiger partial charge in [-0.3, -0.25) is 9.69 Å². The molecule has 1 aliphatic heterocycles. The Kier molecular flexibility index (Phi) is 4.73. The van der Waals surface area contributed by atoms with Crippen molar-refractivity contribution in [3.8, 4) is 0 Å². The molecular weight excluding hydrogens is 366 g/mol. The Balaban J connectivity index is 1.56. The molecule has 4 rings (SSSR count). The Morgan fingerprint density at radius 1 is 1.28 bits per heavy atom. The molecular formula is C23H31N3O3. The molecule has 0 unspecified atom stereocenters. The first-order chi connectivity index (χ1) is 13.6. The van der Waals surface area contributed by atoms with Crippen molar-refractivity contribution in [2.75, 3.05) is 25.5 Å². The first-order valence-corrected chi connectivity index (χ1v) is 10.3. The van der Waals surface area contributed by atoms with Crippen LogP contribution in [0.3, 0.4) is 0 Å². The van der Waals surface area contributed by atoms with Crippen LogP contribution in [0.2, 0.25) is 0 Å². The number of aromatic amines is 1. The van der Waals surface area contributed by atoms with Crippen molar-refractivity contribution in [3.63, 3.8) is 0 Å². The molecule has 6 heteroatoms. The van der Waals surface area contributed by atoms with E-state index in [9.17, 15) is 9.59 Å². The Morgan fingerprint density at radius 3 is 2.76 bits per heavy atom.